The Morgan fingerprint density at radius 3 is 2.92 bits per heavy atom. The van der Waals surface area contributed by atoms with Crippen LogP contribution in [0.3, 0.4) is 0 Å². The molecule has 0 atom stereocenters. The second kappa shape index (κ2) is 5.55. The molecule has 0 radical (unpaired) electrons. The van der Waals surface area contributed by atoms with Crippen LogP contribution in [0.15, 0.2) is 61.3 Å². The monoisotopic (exact) mass is 343 g/mol. The zero-order chi connectivity index (χ0) is 17.5. The maximum atomic E-state index is 12.8. The fourth-order valence-electron chi connectivity index (χ4n) is 3.00. The highest BCUT2D eigenvalue weighted by Crippen LogP contribution is 2.23. The lowest BCUT2D eigenvalue weighted by molar-refractivity contribution is 0.102. The predicted octanol–water partition coefficient (Wildman–Crippen LogP) is 2.85. The van der Waals surface area contributed by atoms with Crippen molar-refractivity contribution in [3.05, 3.63) is 67.0 Å². The Labute approximate surface area is 146 Å². The smallest absolute Gasteiger partial charge is 0.274 e. The van der Waals surface area contributed by atoms with Gasteiger partial charge in [-0.3, -0.25) is 19.4 Å². The molecule has 3 N–H and O–H groups in total. The van der Waals surface area contributed by atoms with Gasteiger partial charge >= 0.3 is 0 Å². The summed E-state index contributed by atoms with van der Waals surface area (Å²) >= 11 is 0. The van der Waals surface area contributed by atoms with E-state index in [1.165, 1.54) is 0 Å². The van der Waals surface area contributed by atoms with Crippen LogP contribution in [0.25, 0.3) is 27.7 Å². The third-order valence-corrected chi connectivity index (χ3v) is 4.31. The number of nitrogens with zero attached hydrogens (tertiary/aromatic N) is 4. The number of H-pyrrole nitrogens is 2. The van der Waals surface area contributed by atoms with Gasteiger partial charge in [-0.2, -0.15) is 10.2 Å². The molecular formula is C18H13N7O. The lowest BCUT2D eigenvalue weighted by Gasteiger charge is -2.06. The van der Waals surface area contributed by atoms with Crippen molar-refractivity contribution in [2.45, 2.75) is 0 Å². The molecule has 0 saturated carbocycles. The van der Waals surface area contributed by atoms with Crippen molar-refractivity contribution >= 4 is 28.1 Å². The van der Waals surface area contributed by atoms with Gasteiger partial charge in [0, 0.05) is 23.3 Å². The van der Waals surface area contributed by atoms with Gasteiger partial charge in [-0.15, -0.1) is 0 Å². The van der Waals surface area contributed by atoms with Gasteiger partial charge in [0.1, 0.15) is 11.3 Å². The van der Waals surface area contributed by atoms with E-state index in [0.29, 0.717) is 17.0 Å². The van der Waals surface area contributed by atoms with Crippen molar-refractivity contribution in [1.29, 1.82) is 0 Å². The maximum absolute atomic E-state index is 12.8. The third-order valence-electron chi connectivity index (χ3n) is 4.31. The van der Waals surface area contributed by atoms with Gasteiger partial charge in [0.2, 0.25) is 0 Å². The van der Waals surface area contributed by atoms with Crippen LogP contribution in [0, 0.1) is 0 Å². The molecule has 4 heterocycles. The molecule has 0 aliphatic heterocycles. The van der Waals surface area contributed by atoms with Crippen LogP contribution in [0.1, 0.15) is 10.5 Å². The number of rotatable bonds is 3. The first-order valence-corrected chi connectivity index (χ1v) is 7.99. The number of carbonyl (C=O) groups excluding carboxylic acids is 1. The highest BCUT2D eigenvalue weighted by Gasteiger charge is 2.14. The molecule has 0 unspecified atom stereocenters. The Kier molecular flexibility index (Phi) is 3.08. The third kappa shape index (κ3) is 2.24. The minimum absolute atomic E-state index is 0.234. The first-order chi connectivity index (χ1) is 12.8. The molecular weight excluding hydrogens is 330 g/mol. The normalized spacial score (nSPS) is 11.2. The summed E-state index contributed by atoms with van der Waals surface area (Å²) in [6.07, 6.45) is 8.65. The fraction of sp³-hybridized carbons (Fsp3) is 0. The van der Waals surface area contributed by atoms with Gasteiger partial charge in [-0.25, -0.2) is 4.98 Å². The number of hydrogen-bond donors (Lipinski definition) is 3. The molecule has 0 spiro atoms. The highest BCUT2D eigenvalue weighted by atomic mass is 16.1. The van der Waals surface area contributed by atoms with Crippen LogP contribution in [0.2, 0.25) is 0 Å². The molecule has 8 nitrogen and oxygen atoms in total. The largest absolute Gasteiger partial charge is 0.320 e. The number of aromatic amines is 2. The Morgan fingerprint density at radius 2 is 2.04 bits per heavy atom. The summed E-state index contributed by atoms with van der Waals surface area (Å²) in [5, 5.41) is 17.4. The highest BCUT2D eigenvalue weighted by molar-refractivity contribution is 6.08. The van der Waals surface area contributed by atoms with Crippen molar-refractivity contribution in [3.63, 3.8) is 0 Å². The van der Waals surface area contributed by atoms with E-state index in [0.717, 1.165) is 22.0 Å². The molecule has 0 fully saturated rings. The molecule has 4 aromatic heterocycles. The average Bonchev–Trinajstić information content (AvgIpc) is 3.40. The second-order valence-corrected chi connectivity index (χ2v) is 5.86. The lowest BCUT2D eigenvalue weighted by Crippen LogP contribution is -2.14. The van der Waals surface area contributed by atoms with Crippen LogP contribution in [-0.4, -0.2) is 35.7 Å². The molecule has 26 heavy (non-hydrogen) atoms. The van der Waals surface area contributed by atoms with Crippen molar-refractivity contribution < 1.29 is 4.79 Å². The number of hydrogen-bond acceptors (Lipinski definition) is 4. The van der Waals surface area contributed by atoms with Gasteiger partial charge in [0.15, 0.2) is 0 Å². The number of fused-ring (bicyclic) bond motifs is 2. The van der Waals surface area contributed by atoms with Gasteiger partial charge in [-0.1, -0.05) is 6.07 Å². The van der Waals surface area contributed by atoms with Crippen molar-refractivity contribution in [2.75, 3.05) is 5.32 Å². The SMILES string of the molecule is O=C(Nc1cccc2[nH]ncc12)c1cnc2cc(-c3cn[nH]c3)ccn12. The van der Waals surface area contributed by atoms with E-state index in [1.807, 2.05) is 42.7 Å². The first-order valence-electron chi connectivity index (χ1n) is 7.99. The molecule has 0 aliphatic rings. The second-order valence-electron chi connectivity index (χ2n) is 5.86. The Balaban J connectivity index is 1.50. The number of amides is 1. The van der Waals surface area contributed by atoms with Gasteiger partial charge in [0.25, 0.3) is 5.91 Å². The standard InChI is InChI=1S/C18H13N7O/c26-18(23-14-2-1-3-15-13(14)9-22-24-15)16-10-19-17-6-11(4-5-25(16)17)12-7-20-21-8-12/h1-10H,(H,20,21)(H,22,24)(H,23,26). The molecule has 126 valence electrons. The Hall–Kier alpha value is -3.94. The molecule has 1 aromatic carbocycles. The van der Waals surface area contributed by atoms with Gasteiger partial charge in [0.05, 0.1) is 29.8 Å². The molecule has 0 saturated heterocycles. The number of anilines is 1. The average molecular weight is 343 g/mol. The number of imidazole rings is 1. The van der Waals surface area contributed by atoms with Crippen LogP contribution in [-0.2, 0) is 0 Å². The van der Waals surface area contributed by atoms with Gasteiger partial charge < -0.3 is 5.32 Å². The van der Waals surface area contributed by atoms with Crippen LogP contribution < -0.4 is 5.32 Å². The number of benzene rings is 1. The van der Waals surface area contributed by atoms with Crippen molar-refractivity contribution in [1.82, 2.24) is 29.8 Å². The minimum atomic E-state index is -0.234. The fourth-order valence-corrected chi connectivity index (χ4v) is 3.00. The van der Waals surface area contributed by atoms with E-state index >= 15 is 0 Å². The van der Waals surface area contributed by atoms with E-state index in [-0.39, 0.29) is 5.91 Å². The summed E-state index contributed by atoms with van der Waals surface area (Å²) < 4.78 is 1.76. The van der Waals surface area contributed by atoms with Gasteiger partial charge in [-0.05, 0) is 29.8 Å². The molecule has 1 amide bonds. The topological polar surface area (TPSA) is 104 Å². The number of aromatic nitrogens is 6. The summed E-state index contributed by atoms with van der Waals surface area (Å²) in [5.74, 6) is -0.234. The Bertz CT molecular complexity index is 1230. The van der Waals surface area contributed by atoms with Crippen LogP contribution in [0.4, 0.5) is 5.69 Å². The van der Waals surface area contributed by atoms with Crippen LogP contribution in [0.5, 0.6) is 0 Å². The van der Waals surface area contributed by atoms with E-state index < -0.39 is 0 Å². The maximum Gasteiger partial charge on any atom is 0.274 e. The van der Waals surface area contributed by atoms with E-state index in [4.69, 9.17) is 0 Å². The number of pyridine rings is 1. The summed E-state index contributed by atoms with van der Waals surface area (Å²) in [4.78, 5) is 17.1. The molecule has 5 rings (SSSR count). The molecule has 0 bridgehead atoms. The summed E-state index contributed by atoms with van der Waals surface area (Å²) in [6, 6.07) is 9.45. The summed E-state index contributed by atoms with van der Waals surface area (Å²) in [5.41, 5.74) is 4.66. The number of nitrogens with one attached hydrogen (secondary N) is 3. The Morgan fingerprint density at radius 1 is 1.08 bits per heavy atom. The van der Waals surface area contributed by atoms with E-state index in [1.54, 1.807) is 23.0 Å². The summed E-state index contributed by atoms with van der Waals surface area (Å²) in [6.45, 7) is 0. The van der Waals surface area contributed by atoms with Crippen molar-refractivity contribution in [3.8, 4) is 11.1 Å². The molecule has 8 heteroatoms. The lowest BCUT2D eigenvalue weighted by atomic mass is 10.1. The molecule has 5 aromatic rings. The molecule has 0 aliphatic carbocycles. The van der Waals surface area contributed by atoms with Crippen LogP contribution >= 0.6 is 0 Å². The quantitative estimate of drug-likeness (QED) is 0.468. The number of carbonyl (C=O) groups is 1. The zero-order valence-corrected chi connectivity index (χ0v) is 13.5. The first kappa shape index (κ1) is 14.4. The predicted molar refractivity (Wildman–Crippen MR) is 96.8 cm³/mol. The zero-order valence-electron chi connectivity index (χ0n) is 13.5. The summed E-state index contributed by atoms with van der Waals surface area (Å²) in [7, 11) is 0. The van der Waals surface area contributed by atoms with E-state index in [2.05, 4.69) is 30.7 Å². The van der Waals surface area contributed by atoms with E-state index in [9.17, 15) is 4.79 Å². The minimum Gasteiger partial charge on any atom is -0.320 e. The van der Waals surface area contributed by atoms with Crippen molar-refractivity contribution in [2.24, 2.45) is 0 Å².